The number of Topliss-reactive ketones (excluding diaryl/α,β-unsaturated/α-hetero) is 1. The summed E-state index contributed by atoms with van der Waals surface area (Å²) in [5.74, 6) is -1.58. The van der Waals surface area contributed by atoms with Gasteiger partial charge < -0.3 is 4.74 Å². The number of aldehydes is 1. The van der Waals surface area contributed by atoms with Crippen LogP contribution in [0.5, 0.6) is 5.75 Å². The minimum atomic E-state index is -0.973. The Morgan fingerprint density at radius 2 is 1.93 bits per heavy atom. The second-order valence-corrected chi connectivity index (χ2v) is 2.60. The molecule has 72 valence electrons. The Bertz CT molecular complexity index is 381. The number of benzene rings is 1. The third-order valence-electron chi connectivity index (χ3n) is 1.54. The highest BCUT2D eigenvalue weighted by atomic mass is 16.5. The number of hydrogen-bond donors (Lipinski definition) is 0. The molecule has 0 bridgehead atoms. The van der Waals surface area contributed by atoms with Crippen LogP contribution in [0, 0.1) is 0 Å². The van der Waals surface area contributed by atoms with Crippen molar-refractivity contribution in [2.24, 2.45) is 0 Å². The highest BCUT2D eigenvalue weighted by molar-refractivity contribution is 6.33. The van der Waals surface area contributed by atoms with Gasteiger partial charge in [-0.3, -0.25) is 9.59 Å². The Labute approximate surface area is 80.5 Å². The Hall–Kier alpha value is -1.97. The second kappa shape index (κ2) is 4.32. The maximum atomic E-state index is 10.9. The Morgan fingerprint density at radius 1 is 1.29 bits per heavy atom. The SMILES string of the molecule is CC(=O)C(=O)Oc1ccccc1C=O. The normalized spacial score (nSPS) is 9.21. The van der Waals surface area contributed by atoms with Gasteiger partial charge in [-0.05, 0) is 12.1 Å². The number of rotatable bonds is 3. The molecular weight excluding hydrogens is 184 g/mol. The maximum absolute atomic E-state index is 10.9. The molecule has 0 unspecified atom stereocenters. The summed E-state index contributed by atoms with van der Waals surface area (Å²) >= 11 is 0. The smallest absolute Gasteiger partial charge is 0.379 e. The Kier molecular flexibility index (Phi) is 3.12. The van der Waals surface area contributed by atoms with Crippen LogP contribution in [0.2, 0.25) is 0 Å². The van der Waals surface area contributed by atoms with Gasteiger partial charge in [0.2, 0.25) is 5.78 Å². The van der Waals surface area contributed by atoms with Crippen molar-refractivity contribution in [3.8, 4) is 5.75 Å². The first-order chi connectivity index (χ1) is 6.65. The largest absolute Gasteiger partial charge is 0.420 e. The van der Waals surface area contributed by atoms with E-state index in [0.717, 1.165) is 6.92 Å². The Morgan fingerprint density at radius 3 is 2.50 bits per heavy atom. The van der Waals surface area contributed by atoms with Gasteiger partial charge in [0.1, 0.15) is 5.75 Å². The minimum absolute atomic E-state index is 0.0997. The first-order valence-corrected chi connectivity index (χ1v) is 3.92. The van der Waals surface area contributed by atoms with E-state index in [1.165, 1.54) is 12.1 Å². The monoisotopic (exact) mass is 192 g/mol. The molecule has 4 heteroatoms. The number of para-hydroxylation sites is 1. The van der Waals surface area contributed by atoms with Crippen LogP contribution in [-0.2, 0) is 9.59 Å². The molecule has 0 N–H and O–H groups in total. The van der Waals surface area contributed by atoms with E-state index in [1.807, 2.05) is 0 Å². The summed E-state index contributed by atoms with van der Waals surface area (Å²) < 4.78 is 4.68. The molecule has 0 heterocycles. The highest BCUT2D eigenvalue weighted by Gasteiger charge is 2.12. The van der Waals surface area contributed by atoms with Crippen LogP contribution in [0.4, 0.5) is 0 Å². The molecule has 0 fully saturated rings. The fourth-order valence-corrected chi connectivity index (χ4v) is 0.843. The van der Waals surface area contributed by atoms with E-state index >= 15 is 0 Å². The standard InChI is InChI=1S/C10H8O4/c1-7(12)10(13)14-9-5-3-2-4-8(9)6-11/h2-6H,1H3. The van der Waals surface area contributed by atoms with Gasteiger partial charge in [0.15, 0.2) is 6.29 Å². The predicted molar refractivity (Wildman–Crippen MR) is 48.1 cm³/mol. The van der Waals surface area contributed by atoms with Crippen molar-refractivity contribution in [2.75, 3.05) is 0 Å². The zero-order valence-electron chi connectivity index (χ0n) is 7.52. The van der Waals surface area contributed by atoms with Crippen LogP contribution in [-0.4, -0.2) is 18.0 Å². The van der Waals surface area contributed by atoms with Crippen molar-refractivity contribution in [1.29, 1.82) is 0 Å². The maximum Gasteiger partial charge on any atom is 0.379 e. The molecule has 0 radical (unpaired) electrons. The summed E-state index contributed by atoms with van der Waals surface area (Å²) in [7, 11) is 0. The van der Waals surface area contributed by atoms with Crippen molar-refractivity contribution < 1.29 is 19.1 Å². The van der Waals surface area contributed by atoms with Crippen molar-refractivity contribution in [2.45, 2.75) is 6.92 Å². The number of carbonyl (C=O) groups is 3. The lowest BCUT2D eigenvalue weighted by Crippen LogP contribution is -2.17. The van der Waals surface area contributed by atoms with Crippen LogP contribution < -0.4 is 4.74 Å². The van der Waals surface area contributed by atoms with E-state index < -0.39 is 11.8 Å². The minimum Gasteiger partial charge on any atom is -0.420 e. The molecule has 1 aromatic carbocycles. The van der Waals surface area contributed by atoms with Gasteiger partial charge in [0, 0.05) is 6.92 Å². The topological polar surface area (TPSA) is 60.4 Å². The zero-order chi connectivity index (χ0) is 10.6. The van der Waals surface area contributed by atoms with E-state index in [0.29, 0.717) is 6.29 Å². The van der Waals surface area contributed by atoms with Gasteiger partial charge in [0.25, 0.3) is 0 Å². The molecule has 0 aromatic heterocycles. The summed E-state index contributed by atoms with van der Waals surface area (Å²) in [6.45, 7) is 1.10. The first-order valence-electron chi connectivity index (χ1n) is 3.92. The van der Waals surface area contributed by atoms with Crippen molar-refractivity contribution in [3.05, 3.63) is 29.8 Å². The van der Waals surface area contributed by atoms with E-state index in [4.69, 9.17) is 0 Å². The summed E-state index contributed by atoms with van der Waals surface area (Å²) in [5, 5.41) is 0. The van der Waals surface area contributed by atoms with Crippen LogP contribution >= 0.6 is 0 Å². The average molecular weight is 192 g/mol. The molecule has 0 aliphatic rings. The lowest BCUT2D eigenvalue weighted by atomic mass is 10.2. The number of esters is 1. The van der Waals surface area contributed by atoms with Crippen LogP contribution in [0.3, 0.4) is 0 Å². The van der Waals surface area contributed by atoms with Gasteiger partial charge in [-0.15, -0.1) is 0 Å². The lowest BCUT2D eigenvalue weighted by Gasteiger charge is -2.03. The Balaban J connectivity index is 2.91. The molecule has 0 aliphatic carbocycles. The summed E-state index contributed by atoms with van der Waals surface area (Å²) in [6, 6.07) is 6.19. The number of hydrogen-bond acceptors (Lipinski definition) is 4. The third-order valence-corrected chi connectivity index (χ3v) is 1.54. The van der Waals surface area contributed by atoms with Crippen molar-refractivity contribution >= 4 is 18.0 Å². The molecule has 0 saturated heterocycles. The van der Waals surface area contributed by atoms with Crippen LogP contribution in [0.15, 0.2) is 24.3 Å². The fourth-order valence-electron chi connectivity index (χ4n) is 0.843. The van der Waals surface area contributed by atoms with E-state index in [9.17, 15) is 14.4 Å². The molecular formula is C10H8O4. The number of carbonyl (C=O) groups excluding carboxylic acids is 3. The number of ether oxygens (including phenoxy) is 1. The molecule has 0 saturated carbocycles. The molecule has 14 heavy (non-hydrogen) atoms. The predicted octanol–water partition coefficient (Wildman–Crippen LogP) is 0.994. The van der Waals surface area contributed by atoms with E-state index in [1.54, 1.807) is 12.1 Å². The van der Waals surface area contributed by atoms with Crippen molar-refractivity contribution in [3.63, 3.8) is 0 Å². The molecule has 1 rings (SSSR count). The molecule has 1 aromatic rings. The van der Waals surface area contributed by atoms with Crippen LogP contribution in [0.1, 0.15) is 17.3 Å². The zero-order valence-corrected chi connectivity index (χ0v) is 7.52. The van der Waals surface area contributed by atoms with Gasteiger partial charge in [-0.25, -0.2) is 4.79 Å². The van der Waals surface area contributed by atoms with Gasteiger partial charge in [-0.2, -0.15) is 0 Å². The number of ketones is 1. The van der Waals surface area contributed by atoms with Gasteiger partial charge >= 0.3 is 5.97 Å². The second-order valence-electron chi connectivity index (χ2n) is 2.60. The lowest BCUT2D eigenvalue weighted by molar-refractivity contribution is -0.146. The summed E-state index contributed by atoms with van der Waals surface area (Å²) in [4.78, 5) is 32.0. The highest BCUT2D eigenvalue weighted by Crippen LogP contribution is 2.15. The molecule has 0 atom stereocenters. The van der Waals surface area contributed by atoms with E-state index in [-0.39, 0.29) is 11.3 Å². The first kappa shape index (κ1) is 10.1. The fraction of sp³-hybridized carbons (Fsp3) is 0.100. The summed E-state index contributed by atoms with van der Waals surface area (Å²) in [5.41, 5.74) is 0.238. The molecule has 4 nitrogen and oxygen atoms in total. The molecule has 0 amide bonds. The third kappa shape index (κ3) is 2.26. The van der Waals surface area contributed by atoms with E-state index in [2.05, 4.69) is 4.74 Å². The quantitative estimate of drug-likeness (QED) is 0.310. The van der Waals surface area contributed by atoms with Crippen LogP contribution in [0.25, 0.3) is 0 Å². The van der Waals surface area contributed by atoms with Crippen molar-refractivity contribution in [1.82, 2.24) is 0 Å². The van der Waals surface area contributed by atoms with Gasteiger partial charge in [-0.1, -0.05) is 12.1 Å². The molecule has 0 spiro atoms. The average Bonchev–Trinajstić information content (AvgIpc) is 2.18. The summed E-state index contributed by atoms with van der Waals surface area (Å²) in [6.07, 6.45) is 0.558. The van der Waals surface area contributed by atoms with Gasteiger partial charge in [0.05, 0.1) is 5.56 Å². The molecule has 0 aliphatic heterocycles.